The molecule has 1 aliphatic heterocycles. The van der Waals surface area contributed by atoms with Gasteiger partial charge in [0.05, 0.1) is 35.2 Å². The van der Waals surface area contributed by atoms with Gasteiger partial charge in [0.2, 0.25) is 5.91 Å². The number of nitro groups is 1. The second-order valence-corrected chi connectivity index (χ2v) is 6.95. The van der Waals surface area contributed by atoms with E-state index in [2.05, 4.69) is 0 Å². The SMILES string of the molecule is CCOC(=O)C(=Cc1cc(-c2ccc(N3CCCC3=O)cc2)ccc1[N+](=O)[O-])CC#N. The van der Waals surface area contributed by atoms with E-state index in [-0.39, 0.29) is 35.8 Å². The lowest BCUT2D eigenvalue weighted by Crippen LogP contribution is -2.23. The van der Waals surface area contributed by atoms with Gasteiger partial charge in [-0.1, -0.05) is 12.1 Å². The molecule has 1 heterocycles. The van der Waals surface area contributed by atoms with Crippen LogP contribution in [0.25, 0.3) is 17.2 Å². The topological polar surface area (TPSA) is 114 Å². The molecule has 158 valence electrons. The highest BCUT2D eigenvalue weighted by Crippen LogP contribution is 2.31. The van der Waals surface area contributed by atoms with Crippen molar-refractivity contribution >= 4 is 29.3 Å². The van der Waals surface area contributed by atoms with Crippen molar-refractivity contribution in [3.63, 3.8) is 0 Å². The van der Waals surface area contributed by atoms with E-state index in [4.69, 9.17) is 10.00 Å². The van der Waals surface area contributed by atoms with Crippen molar-refractivity contribution in [3.8, 4) is 17.2 Å². The zero-order chi connectivity index (χ0) is 22.4. The van der Waals surface area contributed by atoms with Crippen molar-refractivity contribution in [2.75, 3.05) is 18.1 Å². The second kappa shape index (κ2) is 9.67. The first-order chi connectivity index (χ1) is 14.9. The molecule has 0 aliphatic carbocycles. The van der Waals surface area contributed by atoms with E-state index in [0.717, 1.165) is 17.7 Å². The highest BCUT2D eigenvalue weighted by Gasteiger charge is 2.22. The third kappa shape index (κ3) is 4.95. The normalized spacial score (nSPS) is 13.7. The van der Waals surface area contributed by atoms with Crippen LogP contribution in [0.4, 0.5) is 11.4 Å². The third-order valence-corrected chi connectivity index (χ3v) is 4.95. The molecule has 8 nitrogen and oxygen atoms in total. The number of esters is 1. The van der Waals surface area contributed by atoms with E-state index in [1.165, 1.54) is 12.1 Å². The summed E-state index contributed by atoms with van der Waals surface area (Å²) in [6.45, 7) is 2.47. The largest absolute Gasteiger partial charge is 0.463 e. The summed E-state index contributed by atoms with van der Waals surface area (Å²) in [6.07, 6.45) is 2.49. The Bertz CT molecular complexity index is 1080. The Hall–Kier alpha value is -3.99. The summed E-state index contributed by atoms with van der Waals surface area (Å²) < 4.78 is 4.95. The molecule has 1 fully saturated rings. The fraction of sp³-hybridized carbons (Fsp3) is 0.261. The minimum atomic E-state index is -0.677. The molecule has 0 N–H and O–H groups in total. The van der Waals surface area contributed by atoms with Crippen molar-refractivity contribution in [2.45, 2.75) is 26.2 Å². The van der Waals surface area contributed by atoms with Gasteiger partial charge in [-0.3, -0.25) is 14.9 Å². The van der Waals surface area contributed by atoms with Crippen LogP contribution in [-0.4, -0.2) is 30.0 Å². The first kappa shape index (κ1) is 21.7. The van der Waals surface area contributed by atoms with Crippen molar-refractivity contribution in [1.82, 2.24) is 0 Å². The zero-order valence-corrected chi connectivity index (χ0v) is 17.0. The average Bonchev–Trinajstić information content (AvgIpc) is 3.19. The number of hydrogen-bond acceptors (Lipinski definition) is 6. The van der Waals surface area contributed by atoms with Gasteiger partial charge >= 0.3 is 5.97 Å². The van der Waals surface area contributed by atoms with Gasteiger partial charge in [0.15, 0.2) is 0 Å². The highest BCUT2D eigenvalue weighted by atomic mass is 16.6. The molecule has 0 atom stereocenters. The van der Waals surface area contributed by atoms with Crippen LogP contribution in [0.5, 0.6) is 0 Å². The van der Waals surface area contributed by atoms with Crippen molar-refractivity contribution in [2.24, 2.45) is 0 Å². The molecule has 0 spiro atoms. The molecule has 3 rings (SSSR count). The van der Waals surface area contributed by atoms with Gasteiger partial charge in [0, 0.05) is 24.7 Å². The summed E-state index contributed by atoms with van der Waals surface area (Å²) in [4.78, 5) is 36.7. The number of benzene rings is 2. The molecule has 1 aliphatic rings. The van der Waals surface area contributed by atoms with Crippen LogP contribution in [0.2, 0.25) is 0 Å². The number of hydrogen-bond donors (Lipinski definition) is 0. The van der Waals surface area contributed by atoms with Crippen LogP contribution in [0.1, 0.15) is 31.7 Å². The summed E-state index contributed by atoms with van der Waals surface area (Å²) in [7, 11) is 0. The third-order valence-electron chi connectivity index (χ3n) is 4.95. The molecule has 2 aromatic carbocycles. The molecule has 0 radical (unpaired) electrons. The van der Waals surface area contributed by atoms with E-state index in [1.54, 1.807) is 24.0 Å². The first-order valence-electron chi connectivity index (χ1n) is 9.88. The van der Waals surface area contributed by atoms with Gasteiger partial charge in [0.25, 0.3) is 5.69 Å². The molecule has 0 unspecified atom stereocenters. The van der Waals surface area contributed by atoms with Gasteiger partial charge < -0.3 is 9.64 Å². The lowest BCUT2D eigenvalue weighted by atomic mass is 9.99. The van der Waals surface area contributed by atoms with Gasteiger partial charge in [-0.2, -0.15) is 5.26 Å². The van der Waals surface area contributed by atoms with Crippen molar-refractivity contribution < 1.29 is 19.2 Å². The average molecular weight is 419 g/mol. The molecular formula is C23H21N3O5. The molecule has 2 aromatic rings. The lowest BCUT2D eigenvalue weighted by molar-refractivity contribution is -0.385. The summed E-state index contributed by atoms with van der Waals surface area (Å²) in [6, 6.07) is 13.9. The smallest absolute Gasteiger partial charge is 0.335 e. The fourth-order valence-corrected chi connectivity index (χ4v) is 3.45. The number of anilines is 1. The van der Waals surface area contributed by atoms with Gasteiger partial charge in [0.1, 0.15) is 0 Å². The lowest BCUT2D eigenvalue weighted by Gasteiger charge is -2.16. The minimum Gasteiger partial charge on any atom is -0.463 e. The first-order valence-corrected chi connectivity index (χ1v) is 9.88. The Morgan fingerprint density at radius 2 is 1.97 bits per heavy atom. The molecule has 0 bridgehead atoms. The molecular weight excluding hydrogens is 398 g/mol. The maximum absolute atomic E-state index is 12.1. The molecule has 1 amide bonds. The van der Waals surface area contributed by atoms with E-state index in [1.807, 2.05) is 30.3 Å². The van der Waals surface area contributed by atoms with Crippen LogP contribution >= 0.6 is 0 Å². The van der Waals surface area contributed by atoms with E-state index >= 15 is 0 Å². The standard InChI is InChI=1S/C23H21N3O5/c1-2-31-23(28)18(11-12-24)15-19-14-17(7-10-21(19)26(29)30)16-5-8-20(9-6-16)25-13-3-4-22(25)27/h5-10,14-15H,2-4,11,13H2,1H3. The number of rotatable bonds is 7. The monoisotopic (exact) mass is 419 g/mol. The Balaban J connectivity index is 1.99. The number of amides is 1. The van der Waals surface area contributed by atoms with Crippen LogP contribution in [0.3, 0.4) is 0 Å². The van der Waals surface area contributed by atoms with Gasteiger partial charge in [-0.15, -0.1) is 0 Å². The Labute approximate surface area is 179 Å². The van der Waals surface area contributed by atoms with Crippen LogP contribution in [-0.2, 0) is 14.3 Å². The van der Waals surface area contributed by atoms with E-state index < -0.39 is 10.9 Å². The van der Waals surface area contributed by atoms with E-state index in [0.29, 0.717) is 18.5 Å². The zero-order valence-electron chi connectivity index (χ0n) is 17.0. The maximum Gasteiger partial charge on any atom is 0.335 e. The van der Waals surface area contributed by atoms with Crippen molar-refractivity contribution in [1.29, 1.82) is 5.26 Å². The molecule has 0 saturated carbocycles. The Morgan fingerprint density at radius 1 is 1.26 bits per heavy atom. The molecule has 8 heteroatoms. The molecule has 0 aromatic heterocycles. The van der Waals surface area contributed by atoms with Gasteiger partial charge in [-0.05, 0) is 54.8 Å². The molecule has 31 heavy (non-hydrogen) atoms. The maximum atomic E-state index is 12.1. The predicted octanol–water partition coefficient (Wildman–Crippen LogP) is 4.25. The minimum absolute atomic E-state index is 0.0486. The molecule has 1 saturated heterocycles. The van der Waals surface area contributed by atoms with Gasteiger partial charge in [-0.25, -0.2) is 4.79 Å². The van der Waals surface area contributed by atoms with Crippen LogP contribution in [0, 0.1) is 21.4 Å². The summed E-state index contributed by atoms with van der Waals surface area (Å²) >= 11 is 0. The second-order valence-electron chi connectivity index (χ2n) is 6.95. The number of ether oxygens (including phenoxy) is 1. The summed E-state index contributed by atoms with van der Waals surface area (Å²) in [5.41, 5.74) is 2.40. The fourth-order valence-electron chi connectivity index (χ4n) is 3.45. The number of nitriles is 1. The number of nitrogens with zero attached hydrogens (tertiary/aromatic N) is 3. The van der Waals surface area contributed by atoms with Crippen LogP contribution < -0.4 is 4.90 Å². The number of nitro benzene ring substituents is 1. The van der Waals surface area contributed by atoms with Crippen LogP contribution in [0.15, 0.2) is 48.0 Å². The predicted molar refractivity (Wildman–Crippen MR) is 115 cm³/mol. The summed E-state index contributed by atoms with van der Waals surface area (Å²) in [5, 5.41) is 20.5. The number of carbonyl (C=O) groups excluding carboxylic acids is 2. The van der Waals surface area contributed by atoms with Crippen molar-refractivity contribution in [3.05, 3.63) is 63.7 Å². The van der Waals surface area contributed by atoms with E-state index in [9.17, 15) is 19.7 Å². The summed E-state index contributed by atoms with van der Waals surface area (Å²) in [5.74, 6) is -0.581. The number of carbonyl (C=O) groups is 2. The highest BCUT2D eigenvalue weighted by molar-refractivity contribution is 5.96. The Morgan fingerprint density at radius 3 is 2.55 bits per heavy atom. The Kier molecular flexibility index (Phi) is 6.78. The quantitative estimate of drug-likeness (QED) is 0.287.